The molecule has 0 bridgehead atoms. The molecule has 0 saturated carbocycles. The van der Waals surface area contributed by atoms with E-state index in [1.807, 2.05) is 12.1 Å². The first-order valence-electron chi connectivity index (χ1n) is 5.94. The van der Waals surface area contributed by atoms with Crippen molar-refractivity contribution in [2.24, 2.45) is 0 Å². The number of rotatable bonds is 1. The maximum atomic E-state index is 7.03. The Morgan fingerprint density at radius 3 is 2.94 bits per heavy atom. The number of nitrogens with zero attached hydrogens (tertiary/aromatic N) is 2. The zero-order valence-electron chi connectivity index (χ0n) is 9.78. The summed E-state index contributed by atoms with van der Waals surface area (Å²) in [4.78, 5) is 7.40. The molecule has 18 heavy (non-hydrogen) atoms. The number of benzene rings is 1. The predicted octanol–water partition coefficient (Wildman–Crippen LogP) is 4.55. The summed E-state index contributed by atoms with van der Waals surface area (Å²) in [6.45, 7) is 7.03. The molecule has 3 heteroatoms. The van der Waals surface area contributed by atoms with E-state index in [0.29, 0.717) is 5.82 Å². The van der Waals surface area contributed by atoms with Gasteiger partial charge in [0.2, 0.25) is 0 Å². The van der Waals surface area contributed by atoms with Gasteiger partial charge in [0.15, 0.2) is 0 Å². The Balaban J connectivity index is 2.15. The predicted molar refractivity (Wildman–Crippen MR) is 75.7 cm³/mol. The van der Waals surface area contributed by atoms with Crippen molar-refractivity contribution in [3.8, 4) is 11.1 Å². The number of pyridine rings is 1. The van der Waals surface area contributed by atoms with Crippen molar-refractivity contribution >= 4 is 21.7 Å². The van der Waals surface area contributed by atoms with Gasteiger partial charge in [-0.1, -0.05) is 18.7 Å². The molecule has 0 fully saturated rings. The first-order chi connectivity index (χ1) is 8.79. The highest BCUT2D eigenvalue weighted by Gasteiger charge is 2.17. The van der Waals surface area contributed by atoms with Crippen LogP contribution in [0.1, 0.15) is 17.5 Å². The van der Waals surface area contributed by atoms with Crippen molar-refractivity contribution < 1.29 is 0 Å². The summed E-state index contributed by atoms with van der Waals surface area (Å²) in [5.74, 6) is 0.444. The molecule has 0 unspecified atom stereocenters. The minimum absolute atomic E-state index is 0.444. The van der Waals surface area contributed by atoms with Crippen LogP contribution >= 0.6 is 15.9 Å². The molecule has 0 amide bonds. The highest BCUT2D eigenvalue weighted by molar-refractivity contribution is 9.10. The first-order valence-corrected chi connectivity index (χ1v) is 6.73. The normalized spacial score (nSPS) is 13.1. The van der Waals surface area contributed by atoms with E-state index in [4.69, 9.17) is 6.57 Å². The molecule has 2 aromatic rings. The van der Waals surface area contributed by atoms with Gasteiger partial charge in [0, 0.05) is 4.47 Å². The maximum absolute atomic E-state index is 7.03. The van der Waals surface area contributed by atoms with Crippen molar-refractivity contribution in [3.63, 3.8) is 0 Å². The summed E-state index contributed by atoms with van der Waals surface area (Å²) < 4.78 is 1.18. The van der Waals surface area contributed by atoms with E-state index in [-0.39, 0.29) is 0 Å². The fourth-order valence-corrected chi connectivity index (χ4v) is 3.31. The molecular formula is C15H11BrN2. The highest BCUT2D eigenvalue weighted by atomic mass is 79.9. The van der Waals surface area contributed by atoms with Crippen molar-refractivity contribution in [1.29, 1.82) is 0 Å². The van der Waals surface area contributed by atoms with E-state index in [1.54, 1.807) is 6.20 Å². The summed E-state index contributed by atoms with van der Waals surface area (Å²) in [6.07, 6.45) is 5.26. The molecular weight excluding hydrogens is 288 g/mol. The van der Waals surface area contributed by atoms with E-state index in [9.17, 15) is 0 Å². The van der Waals surface area contributed by atoms with E-state index < -0.39 is 0 Å². The fraction of sp³-hybridized carbons (Fsp3) is 0.200. The Hall–Kier alpha value is -1.66. The van der Waals surface area contributed by atoms with E-state index in [1.165, 1.54) is 28.4 Å². The molecule has 1 aliphatic carbocycles. The maximum Gasteiger partial charge on any atom is 0.270 e. The van der Waals surface area contributed by atoms with Crippen LogP contribution in [0.15, 0.2) is 34.9 Å². The third-order valence-corrected chi connectivity index (χ3v) is 4.29. The smallest absolute Gasteiger partial charge is 0.270 e. The summed E-state index contributed by atoms with van der Waals surface area (Å²) in [5.41, 5.74) is 5.08. The molecule has 0 spiro atoms. The zero-order chi connectivity index (χ0) is 12.5. The topological polar surface area (TPSA) is 17.2 Å². The van der Waals surface area contributed by atoms with Gasteiger partial charge >= 0.3 is 0 Å². The molecule has 1 aromatic heterocycles. The minimum atomic E-state index is 0.444. The summed E-state index contributed by atoms with van der Waals surface area (Å²) in [6, 6.07) is 8.14. The fourth-order valence-electron chi connectivity index (χ4n) is 2.49. The van der Waals surface area contributed by atoms with Crippen LogP contribution in [-0.2, 0) is 12.8 Å². The van der Waals surface area contributed by atoms with Crippen LogP contribution < -0.4 is 0 Å². The Bertz CT molecular complexity index is 656. The molecule has 2 nitrogen and oxygen atoms in total. The Morgan fingerprint density at radius 2 is 2.11 bits per heavy atom. The van der Waals surface area contributed by atoms with Crippen LogP contribution in [0.3, 0.4) is 0 Å². The first kappa shape index (κ1) is 11.4. The van der Waals surface area contributed by atoms with Crippen LogP contribution in [-0.4, -0.2) is 4.98 Å². The van der Waals surface area contributed by atoms with E-state index in [2.05, 4.69) is 37.9 Å². The molecule has 1 aromatic carbocycles. The lowest BCUT2D eigenvalue weighted by Gasteiger charge is -2.09. The number of hydrogen-bond donors (Lipinski definition) is 0. The van der Waals surface area contributed by atoms with Gasteiger partial charge in [-0.15, -0.1) is 4.98 Å². The number of fused-ring (bicyclic) bond motifs is 1. The molecule has 3 rings (SSSR count). The van der Waals surface area contributed by atoms with Crippen molar-refractivity contribution in [1.82, 2.24) is 4.98 Å². The lowest BCUT2D eigenvalue weighted by atomic mass is 10.0. The van der Waals surface area contributed by atoms with Gasteiger partial charge in [0.1, 0.15) is 6.20 Å². The van der Waals surface area contributed by atoms with Crippen LogP contribution in [0, 0.1) is 6.57 Å². The van der Waals surface area contributed by atoms with Gasteiger partial charge in [-0.05, 0) is 69.6 Å². The number of aromatic nitrogens is 1. The summed E-state index contributed by atoms with van der Waals surface area (Å²) >= 11 is 3.72. The zero-order valence-corrected chi connectivity index (χ0v) is 11.4. The van der Waals surface area contributed by atoms with Crippen LogP contribution in [0.4, 0.5) is 5.82 Å². The van der Waals surface area contributed by atoms with Gasteiger partial charge < -0.3 is 4.85 Å². The molecule has 0 saturated heterocycles. The Morgan fingerprint density at radius 1 is 1.22 bits per heavy atom. The summed E-state index contributed by atoms with van der Waals surface area (Å²) in [7, 11) is 0. The third kappa shape index (κ3) is 1.83. The molecule has 0 atom stereocenters. The lowest BCUT2D eigenvalue weighted by molar-refractivity contribution is 0.910. The van der Waals surface area contributed by atoms with Crippen molar-refractivity contribution in [3.05, 3.63) is 57.5 Å². The standard InChI is InChI=1S/C15H11BrN2/c1-17-14-9-11(7-8-18-14)13-6-5-10-3-2-4-12(10)15(13)16/h5-9H,2-4H2. The molecule has 88 valence electrons. The van der Waals surface area contributed by atoms with Gasteiger partial charge in [-0.25, -0.2) is 0 Å². The Kier molecular flexibility index (Phi) is 2.89. The minimum Gasteiger partial charge on any atom is -0.361 e. The third-order valence-electron chi connectivity index (χ3n) is 3.38. The number of halogens is 1. The number of hydrogen-bond acceptors (Lipinski definition) is 1. The second-order valence-corrected chi connectivity index (χ2v) is 5.23. The molecule has 0 radical (unpaired) electrons. The van der Waals surface area contributed by atoms with Gasteiger partial charge in [0.25, 0.3) is 5.82 Å². The van der Waals surface area contributed by atoms with Crippen LogP contribution in [0.25, 0.3) is 16.0 Å². The highest BCUT2D eigenvalue weighted by Crippen LogP contribution is 2.37. The van der Waals surface area contributed by atoms with Gasteiger partial charge in [-0.3, -0.25) is 0 Å². The Labute approximate surface area is 115 Å². The molecule has 0 N–H and O–H groups in total. The molecule has 1 aliphatic rings. The molecule has 1 heterocycles. The van der Waals surface area contributed by atoms with Crippen molar-refractivity contribution in [2.75, 3.05) is 0 Å². The SMILES string of the molecule is [C-]#[N+]c1cc(-c2ccc3c(c2Br)CCC3)ccn1. The van der Waals surface area contributed by atoms with Gasteiger partial charge in [0.05, 0.1) is 0 Å². The number of aryl methyl sites for hydroxylation is 1. The summed E-state index contributed by atoms with van der Waals surface area (Å²) in [5, 5.41) is 0. The van der Waals surface area contributed by atoms with Crippen LogP contribution in [0.2, 0.25) is 0 Å². The average Bonchev–Trinajstić information content (AvgIpc) is 2.88. The second-order valence-electron chi connectivity index (χ2n) is 4.43. The lowest BCUT2D eigenvalue weighted by Crippen LogP contribution is -1.88. The van der Waals surface area contributed by atoms with E-state index >= 15 is 0 Å². The monoisotopic (exact) mass is 298 g/mol. The van der Waals surface area contributed by atoms with Crippen LogP contribution in [0.5, 0.6) is 0 Å². The quantitative estimate of drug-likeness (QED) is 0.706. The second kappa shape index (κ2) is 4.55. The average molecular weight is 299 g/mol. The largest absolute Gasteiger partial charge is 0.361 e. The van der Waals surface area contributed by atoms with E-state index in [0.717, 1.165) is 17.5 Å². The molecule has 0 aliphatic heterocycles. The van der Waals surface area contributed by atoms with Crippen molar-refractivity contribution in [2.45, 2.75) is 19.3 Å². The van der Waals surface area contributed by atoms with Gasteiger partial charge in [-0.2, -0.15) is 0 Å².